The van der Waals surface area contributed by atoms with Crippen LogP contribution in [0.1, 0.15) is 11.4 Å². The number of benzene rings is 2. The molecule has 4 heteroatoms. The van der Waals surface area contributed by atoms with Gasteiger partial charge in [-0.3, -0.25) is 4.90 Å². The zero-order valence-electron chi connectivity index (χ0n) is 15.7. The minimum atomic E-state index is 0.715. The second-order valence-electron chi connectivity index (χ2n) is 7.80. The van der Waals surface area contributed by atoms with Gasteiger partial charge in [0.1, 0.15) is 11.6 Å². The van der Waals surface area contributed by atoms with Crippen molar-refractivity contribution < 1.29 is 4.74 Å². The van der Waals surface area contributed by atoms with E-state index in [9.17, 15) is 0 Å². The smallest absolute Gasteiger partial charge is 0.118 e. The van der Waals surface area contributed by atoms with Crippen molar-refractivity contribution in [2.45, 2.75) is 19.5 Å². The van der Waals surface area contributed by atoms with Crippen molar-refractivity contribution in [1.82, 2.24) is 14.5 Å². The molecule has 1 saturated heterocycles. The van der Waals surface area contributed by atoms with Crippen molar-refractivity contribution >= 4 is 0 Å². The molecule has 1 fully saturated rings. The normalized spacial score (nSPS) is 21.7. The molecule has 0 spiro atoms. The second kappa shape index (κ2) is 6.86. The fraction of sp³-hybridized carbons (Fsp3) is 0.348. The molecule has 2 aromatic carbocycles. The topological polar surface area (TPSA) is 30.3 Å². The van der Waals surface area contributed by atoms with Crippen LogP contribution in [0.2, 0.25) is 0 Å². The summed E-state index contributed by atoms with van der Waals surface area (Å²) >= 11 is 0. The lowest BCUT2D eigenvalue weighted by Crippen LogP contribution is -2.28. The standard InChI is InChI=1S/C23H25N3O/c1-27-21-9-7-17(8-10-21)13-25-14-19-11-23-24-12-22(18-5-3-2-4-6-18)26(23)16-20(19)15-25/h2-10,12,19-20H,11,13-16H2,1H3/t19-,20+/m1/s1. The summed E-state index contributed by atoms with van der Waals surface area (Å²) in [6.45, 7) is 4.45. The van der Waals surface area contributed by atoms with Crippen LogP contribution in [0.5, 0.6) is 5.75 Å². The van der Waals surface area contributed by atoms with E-state index in [1.54, 1.807) is 7.11 Å². The van der Waals surface area contributed by atoms with E-state index in [0.717, 1.165) is 31.2 Å². The van der Waals surface area contributed by atoms with E-state index in [4.69, 9.17) is 9.72 Å². The summed E-state index contributed by atoms with van der Waals surface area (Å²) in [6.07, 6.45) is 3.15. The number of hydrogen-bond acceptors (Lipinski definition) is 3. The molecule has 0 unspecified atom stereocenters. The van der Waals surface area contributed by atoms with Gasteiger partial charge in [0.25, 0.3) is 0 Å². The molecule has 0 aliphatic carbocycles. The number of likely N-dealkylation sites (tertiary alicyclic amines) is 1. The summed E-state index contributed by atoms with van der Waals surface area (Å²) in [5.74, 6) is 3.61. The largest absolute Gasteiger partial charge is 0.497 e. The number of ether oxygens (including phenoxy) is 1. The predicted molar refractivity (Wildman–Crippen MR) is 107 cm³/mol. The van der Waals surface area contributed by atoms with Crippen LogP contribution in [-0.2, 0) is 19.5 Å². The summed E-state index contributed by atoms with van der Waals surface area (Å²) in [5.41, 5.74) is 3.89. The number of aromatic nitrogens is 2. The van der Waals surface area contributed by atoms with Crippen molar-refractivity contribution in [2.75, 3.05) is 20.2 Å². The first-order valence-corrected chi connectivity index (χ1v) is 9.75. The van der Waals surface area contributed by atoms with Gasteiger partial charge in [0.2, 0.25) is 0 Å². The Kier molecular flexibility index (Phi) is 4.21. The van der Waals surface area contributed by atoms with E-state index in [-0.39, 0.29) is 0 Å². The Labute approximate surface area is 160 Å². The van der Waals surface area contributed by atoms with E-state index in [1.807, 2.05) is 0 Å². The first-order valence-electron chi connectivity index (χ1n) is 9.75. The van der Waals surface area contributed by atoms with Crippen LogP contribution in [0.3, 0.4) is 0 Å². The summed E-state index contributed by atoms with van der Waals surface area (Å²) in [6, 6.07) is 19.1. The SMILES string of the molecule is COc1ccc(CN2C[C@H]3Cc4ncc(-c5ccccc5)n4C[C@@H]3C2)cc1. The van der Waals surface area contributed by atoms with Crippen molar-refractivity contribution in [1.29, 1.82) is 0 Å². The molecule has 4 nitrogen and oxygen atoms in total. The quantitative estimate of drug-likeness (QED) is 0.709. The van der Waals surface area contributed by atoms with Crippen molar-refractivity contribution in [2.24, 2.45) is 11.8 Å². The lowest BCUT2D eigenvalue weighted by molar-refractivity contribution is 0.307. The van der Waals surface area contributed by atoms with Gasteiger partial charge in [0.15, 0.2) is 0 Å². The van der Waals surface area contributed by atoms with Crippen LogP contribution < -0.4 is 4.74 Å². The van der Waals surface area contributed by atoms with Crippen LogP contribution >= 0.6 is 0 Å². The fourth-order valence-electron chi connectivity index (χ4n) is 4.68. The van der Waals surface area contributed by atoms with Crippen LogP contribution in [-0.4, -0.2) is 34.7 Å². The summed E-state index contributed by atoms with van der Waals surface area (Å²) in [7, 11) is 1.72. The number of hydrogen-bond donors (Lipinski definition) is 0. The Morgan fingerprint density at radius 1 is 0.963 bits per heavy atom. The highest BCUT2D eigenvalue weighted by molar-refractivity contribution is 5.59. The number of fused-ring (bicyclic) bond motifs is 2. The average Bonchev–Trinajstić information content (AvgIpc) is 3.30. The van der Waals surface area contributed by atoms with Gasteiger partial charge in [-0.05, 0) is 35.1 Å². The van der Waals surface area contributed by atoms with E-state index in [2.05, 4.69) is 70.3 Å². The second-order valence-corrected chi connectivity index (χ2v) is 7.80. The van der Waals surface area contributed by atoms with Gasteiger partial charge in [0, 0.05) is 32.6 Å². The molecule has 5 rings (SSSR count). The predicted octanol–water partition coefficient (Wildman–Crippen LogP) is 3.86. The molecule has 0 N–H and O–H groups in total. The van der Waals surface area contributed by atoms with Gasteiger partial charge in [-0.2, -0.15) is 0 Å². The Balaban J connectivity index is 1.30. The highest BCUT2D eigenvalue weighted by Gasteiger charge is 2.37. The summed E-state index contributed by atoms with van der Waals surface area (Å²) in [5, 5.41) is 0. The van der Waals surface area contributed by atoms with E-state index in [1.165, 1.54) is 35.7 Å². The van der Waals surface area contributed by atoms with E-state index >= 15 is 0 Å². The molecule has 1 aromatic heterocycles. The van der Waals surface area contributed by atoms with E-state index in [0.29, 0.717) is 5.92 Å². The molecule has 2 aliphatic rings. The third kappa shape index (κ3) is 3.15. The maximum Gasteiger partial charge on any atom is 0.118 e. The average molecular weight is 359 g/mol. The minimum absolute atomic E-state index is 0.715. The number of imidazole rings is 1. The zero-order chi connectivity index (χ0) is 18.2. The van der Waals surface area contributed by atoms with Gasteiger partial charge in [-0.15, -0.1) is 0 Å². The first kappa shape index (κ1) is 16.6. The van der Waals surface area contributed by atoms with Gasteiger partial charge in [0.05, 0.1) is 19.0 Å². The maximum atomic E-state index is 5.27. The molecule has 3 aromatic rings. The molecule has 0 bridgehead atoms. The number of methoxy groups -OCH3 is 1. The molecular weight excluding hydrogens is 334 g/mol. The fourth-order valence-corrected chi connectivity index (χ4v) is 4.68. The van der Waals surface area contributed by atoms with Crippen LogP contribution in [0, 0.1) is 11.8 Å². The molecule has 0 radical (unpaired) electrons. The molecule has 2 aliphatic heterocycles. The monoisotopic (exact) mass is 359 g/mol. The van der Waals surface area contributed by atoms with Crippen LogP contribution in [0.25, 0.3) is 11.3 Å². The molecule has 2 atom stereocenters. The maximum absolute atomic E-state index is 5.27. The van der Waals surface area contributed by atoms with Crippen molar-refractivity contribution in [3.05, 3.63) is 72.2 Å². The molecular formula is C23H25N3O. The molecule has 27 heavy (non-hydrogen) atoms. The van der Waals surface area contributed by atoms with E-state index < -0.39 is 0 Å². The molecule has 3 heterocycles. The Morgan fingerprint density at radius 2 is 1.74 bits per heavy atom. The van der Waals surface area contributed by atoms with Crippen LogP contribution in [0.4, 0.5) is 0 Å². The third-order valence-electron chi connectivity index (χ3n) is 6.09. The summed E-state index contributed by atoms with van der Waals surface area (Å²) in [4.78, 5) is 7.36. The summed E-state index contributed by atoms with van der Waals surface area (Å²) < 4.78 is 7.72. The van der Waals surface area contributed by atoms with Crippen molar-refractivity contribution in [3.8, 4) is 17.0 Å². The van der Waals surface area contributed by atoms with Crippen LogP contribution in [0.15, 0.2) is 60.8 Å². The lowest BCUT2D eigenvalue weighted by Gasteiger charge is -2.27. The van der Waals surface area contributed by atoms with Gasteiger partial charge in [-0.25, -0.2) is 4.98 Å². The highest BCUT2D eigenvalue weighted by atomic mass is 16.5. The Bertz CT molecular complexity index is 917. The minimum Gasteiger partial charge on any atom is -0.497 e. The molecule has 138 valence electrons. The number of nitrogens with zero attached hydrogens (tertiary/aromatic N) is 3. The third-order valence-corrected chi connectivity index (χ3v) is 6.09. The lowest BCUT2D eigenvalue weighted by atomic mass is 9.89. The number of rotatable bonds is 4. The van der Waals surface area contributed by atoms with Gasteiger partial charge < -0.3 is 9.30 Å². The van der Waals surface area contributed by atoms with Gasteiger partial charge >= 0.3 is 0 Å². The highest BCUT2D eigenvalue weighted by Crippen LogP contribution is 2.35. The zero-order valence-corrected chi connectivity index (χ0v) is 15.7. The van der Waals surface area contributed by atoms with Crippen molar-refractivity contribution in [3.63, 3.8) is 0 Å². The molecule has 0 amide bonds. The first-order chi connectivity index (χ1) is 13.3. The Hall–Kier alpha value is -2.59. The Morgan fingerprint density at radius 3 is 2.52 bits per heavy atom. The van der Waals surface area contributed by atoms with Gasteiger partial charge in [-0.1, -0.05) is 42.5 Å². The molecule has 0 saturated carbocycles.